The molecule has 7 aromatic rings. The third-order valence-electron chi connectivity index (χ3n) is 12.0. The highest BCUT2D eigenvalue weighted by molar-refractivity contribution is 5.94. The molecule has 0 saturated heterocycles. The van der Waals surface area contributed by atoms with Crippen molar-refractivity contribution in [3.8, 4) is 33.4 Å². The summed E-state index contributed by atoms with van der Waals surface area (Å²) in [6.07, 6.45) is 2.39. The molecule has 1 heteroatoms. The average Bonchev–Trinajstić information content (AvgIpc) is 3.47. The van der Waals surface area contributed by atoms with Crippen molar-refractivity contribution in [2.45, 2.75) is 56.8 Å². The molecule has 0 bridgehead atoms. The Kier molecular flexibility index (Phi) is 7.59. The summed E-state index contributed by atoms with van der Waals surface area (Å²) < 4.78 is 0. The van der Waals surface area contributed by atoms with Gasteiger partial charge in [0.25, 0.3) is 0 Å². The van der Waals surface area contributed by atoms with Crippen molar-refractivity contribution in [2.24, 2.45) is 0 Å². The zero-order valence-electron chi connectivity index (χ0n) is 30.6. The van der Waals surface area contributed by atoms with Crippen LogP contribution in [-0.2, 0) is 16.2 Å². The van der Waals surface area contributed by atoms with Gasteiger partial charge in [0.2, 0.25) is 0 Å². The van der Waals surface area contributed by atoms with Gasteiger partial charge < -0.3 is 5.32 Å². The maximum atomic E-state index is 3.96. The zero-order chi connectivity index (χ0) is 35.5. The summed E-state index contributed by atoms with van der Waals surface area (Å²) in [4.78, 5) is 0. The Morgan fingerprint density at radius 1 is 0.385 bits per heavy atom. The summed E-state index contributed by atoms with van der Waals surface area (Å²) in [5.74, 6) is 0. The van der Waals surface area contributed by atoms with Gasteiger partial charge in [-0.05, 0) is 109 Å². The van der Waals surface area contributed by atoms with Gasteiger partial charge in [-0.15, -0.1) is 0 Å². The second kappa shape index (κ2) is 12.2. The number of hydrogen-bond donors (Lipinski definition) is 1. The number of hydrogen-bond acceptors (Lipinski definition) is 1. The molecular weight excluding hydrogens is 627 g/mol. The minimum Gasteiger partial charge on any atom is -0.355 e. The number of fused-ring (bicyclic) bond motifs is 4. The molecule has 7 aromatic carbocycles. The lowest BCUT2D eigenvalue weighted by molar-refractivity contribution is 0.332. The van der Waals surface area contributed by atoms with Crippen molar-refractivity contribution in [2.75, 3.05) is 5.32 Å². The third-order valence-corrected chi connectivity index (χ3v) is 12.0. The fraction of sp³-hybridized carbons (Fsp3) is 0.176. The normalized spacial score (nSPS) is 16.0. The molecule has 52 heavy (non-hydrogen) atoms. The van der Waals surface area contributed by atoms with E-state index in [1.807, 2.05) is 0 Å². The summed E-state index contributed by atoms with van der Waals surface area (Å²) in [5, 5.41) is 3.96. The van der Waals surface area contributed by atoms with Gasteiger partial charge in [0.15, 0.2) is 0 Å². The quantitative estimate of drug-likeness (QED) is 0.185. The van der Waals surface area contributed by atoms with E-state index in [2.05, 4.69) is 203 Å². The molecule has 0 heterocycles. The summed E-state index contributed by atoms with van der Waals surface area (Å²) in [7, 11) is 0. The van der Waals surface area contributed by atoms with E-state index >= 15 is 0 Å². The van der Waals surface area contributed by atoms with Crippen LogP contribution in [0.2, 0.25) is 0 Å². The maximum absolute atomic E-state index is 3.96. The van der Waals surface area contributed by atoms with Crippen LogP contribution < -0.4 is 5.32 Å². The van der Waals surface area contributed by atoms with Crippen LogP contribution in [0, 0.1) is 0 Å². The molecule has 0 atom stereocenters. The molecule has 2 aliphatic carbocycles. The van der Waals surface area contributed by atoms with E-state index in [1.54, 1.807) is 0 Å². The molecule has 0 saturated carbocycles. The Bertz CT molecular complexity index is 2360. The Morgan fingerprint density at radius 3 is 1.58 bits per heavy atom. The molecule has 0 aromatic heterocycles. The summed E-state index contributed by atoms with van der Waals surface area (Å²) >= 11 is 0. The molecule has 0 unspecified atom stereocenters. The zero-order valence-corrected chi connectivity index (χ0v) is 30.6. The van der Waals surface area contributed by atoms with Gasteiger partial charge in [-0.1, -0.05) is 173 Å². The fourth-order valence-corrected chi connectivity index (χ4v) is 9.12. The molecule has 254 valence electrons. The van der Waals surface area contributed by atoms with Crippen molar-refractivity contribution >= 4 is 11.4 Å². The van der Waals surface area contributed by atoms with Crippen molar-refractivity contribution in [1.29, 1.82) is 0 Å². The number of nitrogens with one attached hydrogen (secondary N) is 1. The topological polar surface area (TPSA) is 12.0 Å². The van der Waals surface area contributed by atoms with Gasteiger partial charge in [0.05, 0.1) is 5.41 Å². The van der Waals surface area contributed by atoms with Crippen LogP contribution in [0.3, 0.4) is 0 Å². The third kappa shape index (κ3) is 5.14. The smallest absolute Gasteiger partial charge is 0.0714 e. The van der Waals surface area contributed by atoms with Crippen LogP contribution in [0.15, 0.2) is 170 Å². The van der Waals surface area contributed by atoms with E-state index < -0.39 is 5.41 Å². The highest BCUT2D eigenvalue weighted by Gasteiger charge is 2.46. The lowest BCUT2D eigenvalue weighted by Gasteiger charge is -2.42. The van der Waals surface area contributed by atoms with E-state index in [9.17, 15) is 0 Å². The molecule has 0 fully saturated rings. The number of rotatable bonds is 6. The second-order valence-corrected chi connectivity index (χ2v) is 16.1. The predicted molar refractivity (Wildman–Crippen MR) is 220 cm³/mol. The van der Waals surface area contributed by atoms with E-state index in [0.717, 1.165) is 11.4 Å². The van der Waals surface area contributed by atoms with E-state index in [0.29, 0.717) is 0 Å². The molecule has 9 rings (SSSR count). The van der Waals surface area contributed by atoms with E-state index in [1.165, 1.54) is 79.6 Å². The van der Waals surface area contributed by atoms with Crippen molar-refractivity contribution in [3.63, 3.8) is 0 Å². The minimum atomic E-state index is -0.470. The molecule has 2 aliphatic rings. The van der Waals surface area contributed by atoms with Gasteiger partial charge >= 0.3 is 0 Å². The molecule has 0 spiro atoms. The van der Waals surface area contributed by atoms with Crippen LogP contribution in [0.25, 0.3) is 33.4 Å². The van der Waals surface area contributed by atoms with E-state index in [-0.39, 0.29) is 10.8 Å². The SMILES string of the molecule is CC1(C)CCC(C)(C)c2cc(-c3cc4c(cc3Nc3ccc(-c5ccccc5)cc3)C(c3ccccc3)(c3ccccc3)c3ccccc3-4)ccc21. The first kappa shape index (κ1) is 32.3. The van der Waals surface area contributed by atoms with Crippen LogP contribution in [0.4, 0.5) is 11.4 Å². The first-order valence-electron chi connectivity index (χ1n) is 18.7. The molecular formula is C51H45N. The number of anilines is 2. The molecule has 1 N–H and O–H groups in total. The first-order chi connectivity index (χ1) is 25.3. The van der Waals surface area contributed by atoms with Crippen LogP contribution in [0.1, 0.15) is 73.9 Å². The molecule has 1 nitrogen and oxygen atoms in total. The maximum Gasteiger partial charge on any atom is 0.0714 e. The van der Waals surface area contributed by atoms with E-state index in [4.69, 9.17) is 0 Å². The Morgan fingerprint density at radius 2 is 0.923 bits per heavy atom. The summed E-state index contributed by atoms with van der Waals surface area (Å²) in [6, 6.07) is 63.0. The fourth-order valence-electron chi connectivity index (χ4n) is 9.12. The Balaban J connectivity index is 1.30. The van der Waals surface area contributed by atoms with Gasteiger partial charge in [-0.2, -0.15) is 0 Å². The summed E-state index contributed by atoms with van der Waals surface area (Å²) in [5.41, 5.74) is 17.6. The Labute approximate surface area is 309 Å². The molecule has 0 radical (unpaired) electrons. The van der Waals surface area contributed by atoms with Crippen molar-refractivity contribution < 1.29 is 0 Å². The molecule has 0 aliphatic heterocycles. The highest BCUT2D eigenvalue weighted by Crippen LogP contribution is 2.58. The summed E-state index contributed by atoms with van der Waals surface area (Å²) in [6.45, 7) is 9.66. The van der Waals surface area contributed by atoms with Gasteiger partial charge in [-0.3, -0.25) is 0 Å². The molecule has 0 amide bonds. The Hall–Kier alpha value is -5.66. The lowest BCUT2D eigenvalue weighted by Crippen LogP contribution is -2.33. The van der Waals surface area contributed by atoms with Gasteiger partial charge in [0.1, 0.15) is 0 Å². The van der Waals surface area contributed by atoms with Gasteiger partial charge in [-0.25, -0.2) is 0 Å². The standard InChI is InChI=1S/C51H45N/c1-49(2)30-31-50(3,4)47-32-37(26-29-45(47)49)42-33-43-41-22-14-15-23-44(41)51(38-18-10-6-11-19-38,39-20-12-7-13-21-39)46(43)34-48(42)52-40-27-24-36(25-28-40)35-16-8-5-9-17-35/h5-29,32-34,52H,30-31H2,1-4H3. The minimum absolute atomic E-state index is 0.112. The predicted octanol–water partition coefficient (Wildman–Crippen LogP) is 13.5. The average molecular weight is 672 g/mol. The second-order valence-electron chi connectivity index (χ2n) is 16.1. The van der Waals surface area contributed by atoms with Gasteiger partial charge in [0, 0.05) is 16.9 Å². The van der Waals surface area contributed by atoms with Crippen molar-refractivity contribution in [3.05, 3.63) is 203 Å². The number of benzene rings is 7. The largest absolute Gasteiger partial charge is 0.355 e. The first-order valence-corrected chi connectivity index (χ1v) is 18.7. The van der Waals surface area contributed by atoms with Crippen molar-refractivity contribution in [1.82, 2.24) is 0 Å². The van der Waals surface area contributed by atoms with Crippen LogP contribution >= 0.6 is 0 Å². The van der Waals surface area contributed by atoms with Crippen LogP contribution in [-0.4, -0.2) is 0 Å². The highest BCUT2D eigenvalue weighted by atomic mass is 14.9. The van der Waals surface area contributed by atoms with Crippen LogP contribution in [0.5, 0.6) is 0 Å². The monoisotopic (exact) mass is 671 g/mol. The lowest BCUT2D eigenvalue weighted by atomic mass is 9.63.